The lowest BCUT2D eigenvalue weighted by atomic mass is 9.48. The minimum atomic E-state index is 0.233. The molecule has 5 rings (SSSR count). The Morgan fingerprint density at radius 1 is 1.14 bits per heavy atom. The number of benzene rings is 1. The highest BCUT2D eigenvalue weighted by molar-refractivity contribution is 5.76. The molecule has 3 heteroatoms. The Morgan fingerprint density at radius 3 is 2.32 bits per heavy atom. The van der Waals surface area contributed by atoms with E-state index in [9.17, 15) is 4.79 Å². The minimum Gasteiger partial charge on any atom is -0.467 e. The fourth-order valence-electron chi connectivity index (χ4n) is 5.72. The maximum atomic E-state index is 11.2. The molecule has 0 aliphatic heterocycles. The van der Waals surface area contributed by atoms with Crippen LogP contribution in [0.3, 0.4) is 0 Å². The van der Waals surface area contributed by atoms with Gasteiger partial charge in [0.1, 0.15) is 12.0 Å². The van der Waals surface area contributed by atoms with E-state index >= 15 is 0 Å². The van der Waals surface area contributed by atoms with Crippen LogP contribution >= 0.6 is 0 Å². The molecule has 0 spiro atoms. The van der Waals surface area contributed by atoms with Crippen molar-refractivity contribution in [2.45, 2.75) is 43.9 Å². The van der Waals surface area contributed by atoms with Gasteiger partial charge in [-0.25, -0.2) is 0 Å². The fourth-order valence-corrected chi connectivity index (χ4v) is 5.72. The number of carbonyl (C=O) groups is 1. The Hall–Kier alpha value is -1.35. The SMILES string of the molecule is COCOc1ccc(C=O)cc1C12CC3CC(CC(C3)C1)C2. The Kier molecular flexibility index (Phi) is 3.48. The zero-order valence-electron chi connectivity index (χ0n) is 13.2. The van der Waals surface area contributed by atoms with Crippen LogP contribution in [0.1, 0.15) is 54.4 Å². The van der Waals surface area contributed by atoms with Crippen molar-refractivity contribution < 1.29 is 14.3 Å². The lowest BCUT2D eigenvalue weighted by Crippen LogP contribution is -2.48. The number of carbonyl (C=O) groups excluding carboxylic acids is 1. The van der Waals surface area contributed by atoms with Gasteiger partial charge in [-0.15, -0.1) is 0 Å². The standard InChI is InChI=1S/C19H24O3/c1-21-12-22-18-3-2-13(11-20)7-17(18)19-8-14-4-15(9-19)6-16(5-14)10-19/h2-3,7,11,14-16H,4-6,8-10,12H2,1H3. The van der Waals surface area contributed by atoms with Gasteiger partial charge in [-0.1, -0.05) is 0 Å². The van der Waals surface area contributed by atoms with Crippen LogP contribution in [0.4, 0.5) is 0 Å². The van der Waals surface area contributed by atoms with Gasteiger partial charge < -0.3 is 9.47 Å². The van der Waals surface area contributed by atoms with Gasteiger partial charge in [0.2, 0.25) is 0 Å². The average Bonchev–Trinajstić information content (AvgIpc) is 2.51. The summed E-state index contributed by atoms with van der Waals surface area (Å²) >= 11 is 0. The first-order valence-corrected chi connectivity index (χ1v) is 8.44. The molecule has 0 unspecified atom stereocenters. The lowest BCUT2D eigenvalue weighted by Gasteiger charge is -2.57. The Bertz CT molecular complexity index is 543. The molecule has 0 radical (unpaired) electrons. The monoisotopic (exact) mass is 300 g/mol. The van der Waals surface area contributed by atoms with Gasteiger partial charge in [-0.2, -0.15) is 0 Å². The van der Waals surface area contributed by atoms with Crippen molar-refractivity contribution in [1.29, 1.82) is 0 Å². The van der Waals surface area contributed by atoms with Crippen LogP contribution in [-0.2, 0) is 10.2 Å². The predicted molar refractivity (Wildman–Crippen MR) is 84.2 cm³/mol. The van der Waals surface area contributed by atoms with Gasteiger partial charge in [0.15, 0.2) is 6.79 Å². The van der Waals surface area contributed by atoms with Gasteiger partial charge in [-0.3, -0.25) is 4.79 Å². The summed E-state index contributed by atoms with van der Waals surface area (Å²) in [6.07, 6.45) is 9.01. The summed E-state index contributed by atoms with van der Waals surface area (Å²) in [6, 6.07) is 5.88. The van der Waals surface area contributed by atoms with Crippen molar-refractivity contribution in [2.75, 3.05) is 13.9 Å². The summed E-state index contributed by atoms with van der Waals surface area (Å²) in [5, 5.41) is 0. The first-order valence-electron chi connectivity index (χ1n) is 8.44. The zero-order chi connectivity index (χ0) is 15.2. The molecule has 4 aliphatic carbocycles. The van der Waals surface area contributed by atoms with Crippen LogP contribution in [0, 0.1) is 17.8 Å². The summed E-state index contributed by atoms with van der Waals surface area (Å²) in [6.45, 7) is 0.264. The van der Waals surface area contributed by atoms with Crippen molar-refractivity contribution >= 4 is 6.29 Å². The molecule has 4 saturated carbocycles. The molecule has 118 valence electrons. The largest absolute Gasteiger partial charge is 0.467 e. The van der Waals surface area contributed by atoms with Crippen LogP contribution < -0.4 is 4.74 Å². The van der Waals surface area contributed by atoms with E-state index in [1.807, 2.05) is 12.1 Å². The van der Waals surface area contributed by atoms with E-state index in [2.05, 4.69) is 6.07 Å². The van der Waals surface area contributed by atoms with Crippen molar-refractivity contribution in [1.82, 2.24) is 0 Å². The topological polar surface area (TPSA) is 35.5 Å². The van der Waals surface area contributed by atoms with Gasteiger partial charge >= 0.3 is 0 Å². The molecule has 4 bridgehead atoms. The molecule has 0 heterocycles. The molecule has 4 aliphatic rings. The molecule has 0 amide bonds. The summed E-state index contributed by atoms with van der Waals surface area (Å²) in [7, 11) is 1.64. The minimum absolute atomic E-state index is 0.233. The molecule has 1 aromatic rings. The molecular formula is C19H24O3. The second kappa shape index (κ2) is 5.38. The predicted octanol–water partition coefficient (Wildman–Crippen LogP) is 3.95. The quantitative estimate of drug-likeness (QED) is 0.610. The smallest absolute Gasteiger partial charge is 0.188 e. The summed E-state index contributed by atoms with van der Waals surface area (Å²) in [4.78, 5) is 11.2. The maximum Gasteiger partial charge on any atom is 0.188 e. The number of hydrogen-bond acceptors (Lipinski definition) is 3. The van der Waals surface area contributed by atoms with Crippen LogP contribution in [0.5, 0.6) is 5.75 Å². The van der Waals surface area contributed by atoms with Crippen molar-refractivity contribution in [3.05, 3.63) is 29.3 Å². The van der Waals surface area contributed by atoms with Crippen LogP contribution in [0.25, 0.3) is 0 Å². The number of aldehydes is 1. The van der Waals surface area contributed by atoms with E-state index in [4.69, 9.17) is 9.47 Å². The summed E-state index contributed by atoms with van der Waals surface area (Å²) in [5.41, 5.74) is 2.25. The Morgan fingerprint density at radius 2 is 1.77 bits per heavy atom. The van der Waals surface area contributed by atoms with Crippen LogP contribution in [0.15, 0.2) is 18.2 Å². The first kappa shape index (κ1) is 14.3. The molecule has 0 N–H and O–H groups in total. The number of hydrogen-bond donors (Lipinski definition) is 0. The summed E-state index contributed by atoms with van der Waals surface area (Å²) in [5.74, 6) is 3.54. The van der Waals surface area contributed by atoms with Crippen molar-refractivity contribution in [2.24, 2.45) is 17.8 Å². The molecule has 3 nitrogen and oxygen atoms in total. The van der Waals surface area contributed by atoms with Crippen LogP contribution in [0.2, 0.25) is 0 Å². The molecule has 22 heavy (non-hydrogen) atoms. The van der Waals surface area contributed by atoms with E-state index in [-0.39, 0.29) is 12.2 Å². The maximum absolute atomic E-state index is 11.2. The second-order valence-corrected chi connectivity index (χ2v) is 7.62. The normalized spacial score (nSPS) is 35.6. The highest BCUT2D eigenvalue weighted by atomic mass is 16.7. The average molecular weight is 300 g/mol. The number of ether oxygens (including phenoxy) is 2. The molecular weight excluding hydrogens is 276 g/mol. The third kappa shape index (κ3) is 2.26. The molecule has 0 aromatic heterocycles. The van der Waals surface area contributed by atoms with E-state index in [0.29, 0.717) is 0 Å². The van der Waals surface area contributed by atoms with Crippen molar-refractivity contribution in [3.63, 3.8) is 0 Å². The third-order valence-corrected chi connectivity index (χ3v) is 6.08. The van der Waals surface area contributed by atoms with Gasteiger partial charge in [0.25, 0.3) is 0 Å². The van der Waals surface area contributed by atoms with E-state index in [1.165, 1.54) is 44.1 Å². The van der Waals surface area contributed by atoms with Gasteiger partial charge in [0.05, 0.1) is 0 Å². The van der Waals surface area contributed by atoms with E-state index in [0.717, 1.165) is 35.4 Å². The summed E-state index contributed by atoms with van der Waals surface area (Å²) < 4.78 is 10.9. The Labute approximate surface area is 132 Å². The third-order valence-electron chi connectivity index (χ3n) is 6.08. The van der Waals surface area contributed by atoms with Gasteiger partial charge in [0, 0.05) is 18.2 Å². The molecule has 0 saturated heterocycles. The number of methoxy groups -OCH3 is 1. The van der Waals surface area contributed by atoms with E-state index < -0.39 is 0 Å². The second-order valence-electron chi connectivity index (χ2n) is 7.62. The fraction of sp³-hybridized carbons (Fsp3) is 0.632. The first-order chi connectivity index (χ1) is 10.7. The zero-order valence-corrected chi connectivity index (χ0v) is 13.2. The van der Waals surface area contributed by atoms with Gasteiger partial charge in [-0.05, 0) is 79.9 Å². The molecule has 1 aromatic carbocycles. The lowest BCUT2D eigenvalue weighted by molar-refractivity contribution is -0.00884. The highest BCUT2D eigenvalue weighted by Crippen LogP contribution is 2.61. The number of rotatable bonds is 5. The van der Waals surface area contributed by atoms with E-state index in [1.54, 1.807) is 7.11 Å². The highest BCUT2D eigenvalue weighted by Gasteiger charge is 2.52. The Balaban J connectivity index is 1.75. The molecule has 4 fully saturated rings. The van der Waals surface area contributed by atoms with Crippen LogP contribution in [-0.4, -0.2) is 20.2 Å². The van der Waals surface area contributed by atoms with Crippen molar-refractivity contribution in [3.8, 4) is 5.75 Å². The molecule has 0 atom stereocenters.